The van der Waals surface area contributed by atoms with E-state index in [2.05, 4.69) is 108 Å². The molecular weight excluding hydrogens is 593 g/mol. The van der Waals surface area contributed by atoms with E-state index in [0.29, 0.717) is 0 Å². The summed E-state index contributed by atoms with van der Waals surface area (Å²) >= 11 is 0. The van der Waals surface area contributed by atoms with Crippen LogP contribution in [-0.4, -0.2) is 0 Å². The Morgan fingerprint density at radius 2 is 1.47 bits per heavy atom. The molecule has 1 aliphatic rings. The molecule has 4 heteroatoms. The predicted molar refractivity (Wildman–Crippen MR) is 123 cm³/mol. The first-order valence-electron chi connectivity index (χ1n) is 9.56. The van der Waals surface area contributed by atoms with Crippen molar-refractivity contribution in [3.8, 4) is 0 Å². The number of halogens is 2. The Morgan fingerprint density at radius 3 is 1.97 bits per heavy atom. The molecule has 156 valence electrons. The van der Waals surface area contributed by atoms with Gasteiger partial charge in [-0.2, -0.15) is 17.2 Å². The molecule has 0 heterocycles. The first-order chi connectivity index (χ1) is 12.8. The maximum absolute atomic E-state index is 3.44. The van der Waals surface area contributed by atoms with E-state index >= 15 is 0 Å². The minimum absolute atomic E-state index is 0. The molecule has 4 rings (SSSR count). The van der Waals surface area contributed by atoms with E-state index in [1.807, 2.05) is 0 Å². The molecule has 0 spiro atoms. The summed E-state index contributed by atoms with van der Waals surface area (Å²) in [6, 6.07) is 21.8. The van der Waals surface area contributed by atoms with E-state index in [-0.39, 0.29) is 56.1 Å². The molecule has 0 radical (unpaired) electrons. The van der Waals surface area contributed by atoms with E-state index < -0.39 is 0 Å². The van der Waals surface area contributed by atoms with Gasteiger partial charge in [0.25, 0.3) is 0 Å². The SMILES string of the molecule is CC1=[C-]C(C)(C)C(C)=C1C.Cc1ccccc1Pc1cc2ccccc2[cH-]1.[Cl-].[Cl-].[Hf+4]. The zero-order valence-corrected chi connectivity index (χ0v) is 24.6. The predicted octanol–water partition coefficient (Wildman–Crippen LogP) is 0.614. The molecule has 1 atom stereocenters. The number of aryl methyl sites for hydroxylation is 1. The fraction of sp³-hybridized carbons (Fsp3) is 0.269. The maximum Gasteiger partial charge on any atom is 4.00 e. The monoisotopic (exact) mass is 622 g/mol. The zero-order valence-electron chi connectivity index (χ0n) is 18.5. The molecule has 0 aromatic heterocycles. The van der Waals surface area contributed by atoms with Crippen molar-refractivity contribution in [1.82, 2.24) is 0 Å². The second-order valence-corrected chi connectivity index (χ2v) is 9.30. The number of benzene rings is 2. The van der Waals surface area contributed by atoms with Gasteiger partial charge in [0.15, 0.2) is 0 Å². The van der Waals surface area contributed by atoms with E-state index in [9.17, 15) is 0 Å². The van der Waals surface area contributed by atoms with Gasteiger partial charge in [0, 0.05) is 0 Å². The summed E-state index contributed by atoms with van der Waals surface area (Å²) in [7, 11) is 0.759. The van der Waals surface area contributed by atoms with Crippen molar-refractivity contribution in [2.24, 2.45) is 5.41 Å². The molecule has 0 fully saturated rings. The smallest absolute Gasteiger partial charge is 1.00 e. The van der Waals surface area contributed by atoms with E-state index in [1.165, 1.54) is 43.7 Å². The van der Waals surface area contributed by atoms with E-state index in [4.69, 9.17) is 0 Å². The normalized spacial score (nSPS) is 14.4. The molecular formula is C26H29Cl2HfP. The van der Waals surface area contributed by atoms with Gasteiger partial charge in [-0.3, -0.25) is 6.08 Å². The Morgan fingerprint density at radius 1 is 0.867 bits per heavy atom. The summed E-state index contributed by atoms with van der Waals surface area (Å²) in [5.41, 5.74) is 5.78. The van der Waals surface area contributed by atoms with Gasteiger partial charge in [-0.05, 0) is 17.8 Å². The van der Waals surface area contributed by atoms with Crippen LogP contribution in [0.2, 0.25) is 0 Å². The Balaban J connectivity index is 0.000000569. The second kappa shape index (κ2) is 12.4. The minimum Gasteiger partial charge on any atom is -1.00 e. The third kappa shape index (κ3) is 6.96. The van der Waals surface area contributed by atoms with Crippen molar-refractivity contribution >= 4 is 30.0 Å². The van der Waals surface area contributed by atoms with Crippen molar-refractivity contribution in [2.45, 2.75) is 41.5 Å². The summed E-state index contributed by atoms with van der Waals surface area (Å²) in [6.07, 6.45) is 3.44. The van der Waals surface area contributed by atoms with Gasteiger partial charge in [0.1, 0.15) is 0 Å². The molecule has 1 unspecified atom stereocenters. The number of hydrogen-bond donors (Lipinski definition) is 0. The van der Waals surface area contributed by atoms with Gasteiger partial charge in [-0.15, -0.1) is 47.3 Å². The van der Waals surface area contributed by atoms with Crippen LogP contribution in [0.5, 0.6) is 0 Å². The van der Waals surface area contributed by atoms with Crippen LogP contribution >= 0.6 is 8.58 Å². The summed E-state index contributed by atoms with van der Waals surface area (Å²) < 4.78 is 0. The largest absolute Gasteiger partial charge is 4.00 e. The standard InChI is InChI=1S/C16H14P.C10H15.2ClH.Hf/c1-12-6-2-5-9-16(12)17-15-10-13-7-3-4-8-14(13)11-15;1-7-6-10(4,5)9(3)8(7)2;;;/h2-11,17H,1H3;1-5H3;2*1H;/q2*-1;;;+4/p-2. The van der Waals surface area contributed by atoms with Gasteiger partial charge >= 0.3 is 25.8 Å². The molecule has 1 aliphatic carbocycles. The van der Waals surface area contributed by atoms with Crippen molar-refractivity contribution < 1.29 is 50.7 Å². The number of rotatable bonds is 2. The average molecular weight is 622 g/mol. The summed E-state index contributed by atoms with van der Waals surface area (Å²) in [6.45, 7) is 13.1. The van der Waals surface area contributed by atoms with Crippen LogP contribution < -0.4 is 35.4 Å². The van der Waals surface area contributed by atoms with Gasteiger partial charge in [0.2, 0.25) is 0 Å². The van der Waals surface area contributed by atoms with E-state index in [0.717, 1.165) is 8.58 Å². The number of allylic oxidation sites excluding steroid dienone is 4. The quantitative estimate of drug-likeness (QED) is 0.224. The molecule has 0 bridgehead atoms. The summed E-state index contributed by atoms with van der Waals surface area (Å²) in [4.78, 5) is 0. The van der Waals surface area contributed by atoms with Crippen LogP contribution in [0.25, 0.3) is 10.8 Å². The van der Waals surface area contributed by atoms with Gasteiger partial charge in [-0.25, -0.2) is 5.57 Å². The number of hydrogen-bond acceptors (Lipinski definition) is 0. The third-order valence-corrected chi connectivity index (χ3v) is 7.01. The van der Waals surface area contributed by atoms with Crippen LogP contribution in [0, 0.1) is 18.4 Å². The van der Waals surface area contributed by atoms with Gasteiger partial charge < -0.3 is 24.8 Å². The van der Waals surface area contributed by atoms with Crippen molar-refractivity contribution in [3.05, 3.63) is 89.0 Å². The topological polar surface area (TPSA) is 0 Å². The molecule has 0 nitrogen and oxygen atoms in total. The van der Waals surface area contributed by atoms with Crippen LogP contribution in [0.3, 0.4) is 0 Å². The van der Waals surface area contributed by atoms with Crippen LogP contribution in [-0.2, 0) is 25.8 Å². The fourth-order valence-corrected chi connectivity index (χ4v) is 4.72. The summed E-state index contributed by atoms with van der Waals surface area (Å²) in [5.74, 6) is 0. The van der Waals surface area contributed by atoms with Crippen LogP contribution in [0.4, 0.5) is 0 Å². The van der Waals surface area contributed by atoms with Crippen LogP contribution in [0.15, 0.2) is 77.4 Å². The Kier molecular flexibility index (Phi) is 12.2. The van der Waals surface area contributed by atoms with Gasteiger partial charge in [-0.1, -0.05) is 72.0 Å². The molecule has 0 N–H and O–H groups in total. The van der Waals surface area contributed by atoms with Gasteiger partial charge in [0.05, 0.1) is 0 Å². The molecule has 0 saturated carbocycles. The molecule has 3 aromatic carbocycles. The van der Waals surface area contributed by atoms with E-state index in [1.54, 1.807) is 0 Å². The molecule has 3 aromatic rings. The minimum atomic E-state index is 0. The van der Waals surface area contributed by atoms with Crippen molar-refractivity contribution in [1.29, 1.82) is 0 Å². The van der Waals surface area contributed by atoms with Crippen molar-refractivity contribution in [2.75, 3.05) is 0 Å². The zero-order chi connectivity index (χ0) is 19.6. The van der Waals surface area contributed by atoms with Crippen molar-refractivity contribution in [3.63, 3.8) is 0 Å². The third-order valence-electron chi connectivity index (χ3n) is 5.60. The average Bonchev–Trinajstić information content (AvgIpc) is 3.11. The Hall–Kier alpha value is -0.590. The maximum atomic E-state index is 3.44. The second-order valence-electron chi connectivity index (χ2n) is 7.94. The molecule has 0 amide bonds. The number of fused-ring (bicyclic) bond motifs is 1. The Labute approximate surface area is 215 Å². The molecule has 0 aliphatic heterocycles. The first kappa shape index (κ1) is 29.4. The molecule has 30 heavy (non-hydrogen) atoms. The summed E-state index contributed by atoms with van der Waals surface area (Å²) in [5, 5.41) is 5.58. The molecule has 0 saturated heterocycles. The fourth-order valence-electron chi connectivity index (χ4n) is 3.50. The van der Waals surface area contributed by atoms with Crippen LogP contribution in [0.1, 0.15) is 40.2 Å². The Bertz CT molecular complexity index is 995. The first-order valence-corrected chi connectivity index (χ1v) is 10.6.